The predicted molar refractivity (Wildman–Crippen MR) is 82.9 cm³/mol. The maximum Gasteiger partial charge on any atom is 0.134 e. The molecular formula is C16H19NOS. The lowest BCUT2D eigenvalue weighted by Crippen LogP contribution is -1.93. The first-order valence-corrected chi connectivity index (χ1v) is 7.22. The van der Waals surface area contributed by atoms with Crippen LogP contribution in [0.5, 0.6) is 5.75 Å². The number of nitrogens with two attached hydrogens (primary N) is 1. The third kappa shape index (κ3) is 3.24. The minimum atomic E-state index is 0.730. The first-order chi connectivity index (χ1) is 9.11. The maximum atomic E-state index is 5.77. The molecule has 0 radical (unpaired) electrons. The van der Waals surface area contributed by atoms with Crippen molar-refractivity contribution < 1.29 is 4.74 Å². The average molecular weight is 273 g/mol. The van der Waals surface area contributed by atoms with Gasteiger partial charge in [0, 0.05) is 22.4 Å². The molecule has 0 atom stereocenters. The van der Waals surface area contributed by atoms with Crippen LogP contribution >= 0.6 is 11.8 Å². The third-order valence-corrected chi connectivity index (χ3v) is 4.29. The van der Waals surface area contributed by atoms with Crippen molar-refractivity contribution in [3.8, 4) is 5.75 Å². The van der Waals surface area contributed by atoms with E-state index >= 15 is 0 Å². The number of hydrogen-bond donors (Lipinski definition) is 1. The molecule has 0 aliphatic carbocycles. The minimum absolute atomic E-state index is 0.730. The van der Waals surface area contributed by atoms with Gasteiger partial charge in [-0.05, 0) is 42.7 Å². The van der Waals surface area contributed by atoms with Crippen molar-refractivity contribution in [2.24, 2.45) is 0 Å². The summed E-state index contributed by atoms with van der Waals surface area (Å²) in [6, 6.07) is 12.2. The monoisotopic (exact) mass is 273 g/mol. The zero-order valence-corrected chi connectivity index (χ0v) is 12.4. The molecule has 0 aliphatic rings. The predicted octanol–water partition coefficient (Wildman–Crippen LogP) is 4.19. The van der Waals surface area contributed by atoms with Gasteiger partial charge in [0.2, 0.25) is 0 Å². The Morgan fingerprint density at radius 3 is 2.42 bits per heavy atom. The number of rotatable bonds is 4. The molecule has 0 amide bonds. The van der Waals surface area contributed by atoms with Crippen LogP contribution in [0, 0.1) is 13.8 Å². The van der Waals surface area contributed by atoms with E-state index in [9.17, 15) is 0 Å². The van der Waals surface area contributed by atoms with Crippen LogP contribution in [0.1, 0.15) is 16.7 Å². The molecule has 2 rings (SSSR count). The van der Waals surface area contributed by atoms with Gasteiger partial charge in [-0.15, -0.1) is 11.8 Å². The van der Waals surface area contributed by atoms with Crippen LogP contribution in [-0.4, -0.2) is 7.11 Å². The lowest BCUT2D eigenvalue weighted by atomic mass is 10.1. The molecule has 0 aliphatic heterocycles. The average Bonchev–Trinajstić information content (AvgIpc) is 2.39. The van der Waals surface area contributed by atoms with Gasteiger partial charge in [0.05, 0.1) is 7.11 Å². The second-order valence-electron chi connectivity index (χ2n) is 4.57. The van der Waals surface area contributed by atoms with Crippen molar-refractivity contribution in [2.75, 3.05) is 12.8 Å². The third-order valence-electron chi connectivity index (χ3n) is 3.20. The van der Waals surface area contributed by atoms with Gasteiger partial charge in [0.1, 0.15) is 5.75 Å². The number of nitrogen functional groups attached to an aromatic ring is 1. The van der Waals surface area contributed by atoms with Crippen LogP contribution in [0.3, 0.4) is 0 Å². The first kappa shape index (κ1) is 13.8. The molecule has 0 saturated heterocycles. The Hall–Kier alpha value is -1.61. The minimum Gasteiger partial charge on any atom is -0.496 e. The van der Waals surface area contributed by atoms with Gasteiger partial charge in [-0.2, -0.15) is 0 Å². The van der Waals surface area contributed by atoms with Crippen molar-refractivity contribution >= 4 is 17.4 Å². The summed E-state index contributed by atoms with van der Waals surface area (Å²) in [6.45, 7) is 4.31. The van der Waals surface area contributed by atoms with Gasteiger partial charge >= 0.3 is 0 Å². The lowest BCUT2D eigenvalue weighted by molar-refractivity contribution is 0.405. The highest BCUT2D eigenvalue weighted by atomic mass is 32.2. The van der Waals surface area contributed by atoms with Crippen LogP contribution in [0.15, 0.2) is 41.3 Å². The van der Waals surface area contributed by atoms with Crippen LogP contribution in [0.4, 0.5) is 5.69 Å². The molecule has 2 nitrogen and oxygen atoms in total. The number of hydrogen-bond acceptors (Lipinski definition) is 3. The summed E-state index contributed by atoms with van der Waals surface area (Å²) >= 11 is 1.78. The number of benzene rings is 2. The van der Waals surface area contributed by atoms with Gasteiger partial charge in [-0.25, -0.2) is 0 Å². The molecule has 0 saturated carbocycles. The highest BCUT2D eigenvalue weighted by Crippen LogP contribution is 2.34. The molecule has 0 spiro atoms. The van der Waals surface area contributed by atoms with Crippen molar-refractivity contribution in [3.63, 3.8) is 0 Å². The highest BCUT2D eigenvalue weighted by molar-refractivity contribution is 7.98. The van der Waals surface area contributed by atoms with Gasteiger partial charge in [0.15, 0.2) is 0 Å². The number of thioether (sulfide) groups is 1. The fourth-order valence-electron chi connectivity index (χ4n) is 2.03. The van der Waals surface area contributed by atoms with Crippen molar-refractivity contribution in [1.82, 2.24) is 0 Å². The molecule has 2 N–H and O–H groups in total. The summed E-state index contributed by atoms with van der Waals surface area (Å²) < 4.78 is 5.37. The first-order valence-electron chi connectivity index (χ1n) is 6.23. The molecule has 2 aromatic carbocycles. The molecular weight excluding hydrogens is 254 g/mol. The highest BCUT2D eigenvalue weighted by Gasteiger charge is 2.07. The number of methoxy groups -OCH3 is 1. The van der Waals surface area contributed by atoms with E-state index in [2.05, 4.69) is 32.0 Å². The topological polar surface area (TPSA) is 35.2 Å². The Morgan fingerprint density at radius 2 is 1.79 bits per heavy atom. The molecule has 19 heavy (non-hydrogen) atoms. The molecule has 0 bridgehead atoms. The Morgan fingerprint density at radius 1 is 1.11 bits per heavy atom. The molecule has 0 fully saturated rings. The molecule has 0 unspecified atom stereocenters. The maximum absolute atomic E-state index is 5.77. The van der Waals surface area contributed by atoms with E-state index in [1.807, 2.05) is 18.2 Å². The Bertz CT molecular complexity index is 561. The number of anilines is 1. The van der Waals surface area contributed by atoms with Crippen molar-refractivity contribution in [2.45, 2.75) is 24.5 Å². The SMILES string of the molecule is COc1cc(N)ccc1SCc1c(C)cccc1C. The molecule has 0 heterocycles. The van der Waals surface area contributed by atoms with Gasteiger partial charge in [-0.3, -0.25) is 0 Å². The van der Waals surface area contributed by atoms with Crippen LogP contribution in [-0.2, 0) is 5.75 Å². The summed E-state index contributed by atoms with van der Waals surface area (Å²) in [6.07, 6.45) is 0. The zero-order valence-electron chi connectivity index (χ0n) is 11.6. The second kappa shape index (κ2) is 6.02. The lowest BCUT2D eigenvalue weighted by Gasteiger charge is -2.12. The van der Waals surface area contributed by atoms with Crippen LogP contribution < -0.4 is 10.5 Å². The van der Waals surface area contributed by atoms with Crippen LogP contribution in [0.25, 0.3) is 0 Å². The fourth-order valence-corrected chi connectivity index (χ4v) is 3.23. The van der Waals surface area contributed by atoms with Crippen LogP contribution in [0.2, 0.25) is 0 Å². The van der Waals surface area contributed by atoms with E-state index < -0.39 is 0 Å². The summed E-state index contributed by atoms with van der Waals surface area (Å²) in [5, 5.41) is 0. The van der Waals surface area contributed by atoms with Gasteiger partial charge < -0.3 is 10.5 Å². The standard InChI is InChI=1S/C16H19NOS/c1-11-5-4-6-12(2)14(11)10-19-16-8-7-13(17)9-15(16)18-3/h4-9H,10,17H2,1-3H3. The summed E-state index contributed by atoms with van der Waals surface area (Å²) in [4.78, 5) is 1.12. The summed E-state index contributed by atoms with van der Waals surface area (Å²) in [5.41, 5.74) is 10.6. The van der Waals surface area contributed by atoms with E-state index in [1.54, 1.807) is 18.9 Å². The van der Waals surface area contributed by atoms with Crippen molar-refractivity contribution in [1.29, 1.82) is 0 Å². The fraction of sp³-hybridized carbons (Fsp3) is 0.250. The van der Waals surface area contributed by atoms with Gasteiger partial charge in [0.25, 0.3) is 0 Å². The Labute approximate surface area is 119 Å². The van der Waals surface area contributed by atoms with E-state index in [0.717, 1.165) is 22.1 Å². The van der Waals surface area contributed by atoms with Gasteiger partial charge in [-0.1, -0.05) is 18.2 Å². The van der Waals surface area contributed by atoms with E-state index in [0.29, 0.717) is 0 Å². The Kier molecular flexibility index (Phi) is 4.38. The van der Waals surface area contributed by atoms with Crippen molar-refractivity contribution in [3.05, 3.63) is 53.1 Å². The second-order valence-corrected chi connectivity index (χ2v) is 5.59. The number of ether oxygens (including phenoxy) is 1. The molecule has 0 aromatic heterocycles. The molecule has 100 valence electrons. The normalized spacial score (nSPS) is 10.5. The van der Waals surface area contributed by atoms with E-state index in [-0.39, 0.29) is 0 Å². The zero-order chi connectivity index (χ0) is 13.8. The van der Waals surface area contributed by atoms with E-state index in [1.165, 1.54) is 16.7 Å². The summed E-state index contributed by atoms with van der Waals surface area (Å²) in [7, 11) is 1.68. The molecule has 2 aromatic rings. The Balaban J connectivity index is 2.19. The molecule has 3 heteroatoms. The smallest absolute Gasteiger partial charge is 0.134 e. The largest absolute Gasteiger partial charge is 0.496 e. The number of aryl methyl sites for hydroxylation is 2. The quantitative estimate of drug-likeness (QED) is 0.670. The summed E-state index contributed by atoms with van der Waals surface area (Å²) in [5.74, 6) is 1.79. The van der Waals surface area contributed by atoms with E-state index in [4.69, 9.17) is 10.5 Å².